The number of carboxylic acid groups (broad SMARTS) is 1. The number of hydrogen-bond acceptors (Lipinski definition) is 7. The third-order valence-electron chi connectivity index (χ3n) is 10.7. The Morgan fingerprint density at radius 1 is 0.885 bits per heavy atom. The normalized spacial score (nSPS) is 17.5. The number of methoxy groups -OCH3 is 2. The molecule has 0 unspecified atom stereocenters. The molecule has 2 aliphatic rings. The van der Waals surface area contributed by atoms with E-state index in [4.69, 9.17) is 37.8 Å². The van der Waals surface area contributed by atoms with Crippen molar-refractivity contribution in [1.82, 2.24) is 20.2 Å². The lowest BCUT2D eigenvalue weighted by molar-refractivity contribution is -0.143. The highest BCUT2D eigenvalue weighted by molar-refractivity contribution is 6.36. The molecule has 5 aromatic rings. The summed E-state index contributed by atoms with van der Waals surface area (Å²) in [5.41, 5.74) is 9.55. The molecule has 0 amide bonds. The number of halogens is 2. The minimum atomic E-state index is -0.674. The van der Waals surface area contributed by atoms with E-state index in [-0.39, 0.29) is 12.5 Å². The van der Waals surface area contributed by atoms with Crippen LogP contribution in [0.3, 0.4) is 0 Å². The molecule has 0 radical (unpaired) electrons. The van der Waals surface area contributed by atoms with Crippen molar-refractivity contribution in [3.63, 3.8) is 0 Å². The van der Waals surface area contributed by atoms with Crippen molar-refractivity contribution in [1.29, 1.82) is 0 Å². The number of ether oxygens (including phenoxy) is 2. The number of hydrogen-bond donors (Lipinski definition) is 3. The Morgan fingerprint density at radius 3 is 2.31 bits per heavy atom. The van der Waals surface area contributed by atoms with E-state index in [0.29, 0.717) is 40.8 Å². The standard InChI is InChI=1S/C41H44Cl2N4O5/c1-51-38-18-27(11-12-28(38)20-45-50)32-5-3-7-34(40(32)43)33-6-4-8-37-35(33)21-44-47(37)24-29-19-39(52-2)30(17-36(29)42)23-46(22-25-9-10-25)31-15-13-26(14-16-31)41(48)49/h3-8,11-12,17-19,21,25-26,31,45,50H,9-10,13-16,20,22-24H2,1-2H3,(H,48,49)/t26-,31-. The van der Waals surface area contributed by atoms with Crippen LogP contribution in [0.25, 0.3) is 33.2 Å². The van der Waals surface area contributed by atoms with E-state index in [1.54, 1.807) is 14.2 Å². The molecule has 2 aliphatic carbocycles. The molecular formula is C41H44Cl2N4O5. The molecular weight excluding hydrogens is 699 g/mol. The van der Waals surface area contributed by atoms with Crippen LogP contribution in [-0.4, -0.2) is 57.8 Å². The van der Waals surface area contributed by atoms with Crippen molar-refractivity contribution < 1.29 is 24.6 Å². The molecule has 272 valence electrons. The second kappa shape index (κ2) is 15.9. The average Bonchev–Trinajstić information content (AvgIpc) is 3.89. The Kier molecular flexibility index (Phi) is 11.1. The molecule has 3 N–H and O–H groups in total. The maximum atomic E-state index is 11.6. The molecule has 0 spiro atoms. The number of carbonyl (C=O) groups is 1. The third-order valence-corrected chi connectivity index (χ3v) is 11.5. The maximum Gasteiger partial charge on any atom is 0.306 e. The van der Waals surface area contributed by atoms with Gasteiger partial charge in [0.1, 0.15) is 11.5 Å². The minimum Gasteiger partial charge on any atom is -0.496 e. The molecule has 1 heterocycles. The van der Waals surface area contributed by atoms with Crippen LogP contribution in [0.5, 0.6) is 11.5 Å². The van der Waals surface area contributed by atoms with E-state index < -0.39 is 5.97 Å². The van der Waals surface area contributed by atoms with Gasteiger partial charge in [0.25, 0.3) is 0 Å². The topological polar surface area (TPSA) is 109 Å². The van der Waals surface area contributed by atoms with Crippen LogP contribution in [0.4, 0.5) is 0 Å². The highest BCUT2D eigenvalue weighted by atomic mass is 35.5. The van der Waals surface area contributed by atoms with Crippen molar-refractivity contribution in [2.24, 2.45) is 11.8 Å². The number of nitrogens with one attached hydrogen (secondary N) is 1. The number of nitrogens with zero attached hydrogens (tertiary/aromatic N) is 3. The molecule has 7 rings (SSSR count). The summed E-state index contributed by atoms with van der Waals surface area (Å²) in [5, 5.41) is 25.8. The molecule has 4 aromatic carbocycles. The fraction of sp³-hybridized carbons (Fsp3) is 0.366. The molecule has 11 heteroatoms. The first-order valence-electron chi connectivity index (χ1n) is 17.9. The van der Waals surface area contributed by atoms with Crippen LogP contribution in [0, 0.1) is 11.8 Å². The fourth-order valence-corrected chi connectivity index (χ4v) is 8.27. The molecule has 2 fully saturated rings. The third kappa shape index (κ3) is 7.65. The lowest BCUT2D eigenvalue weighted by Gasteiger charge is -2.36. The van der Waals surface area contributed by atoms with E-state index >= 15 is 0 Å². The zero-order chi connectivity index (χ0) is 36.4. The van der Waals surface area contributed by atoms with Gasteiger partial charge in [0, 0.05) is 58.3 Å². The summed E-state index contributed by atoms with van der Waals surface area (Å²) in [6, 6.07) is 22.4. The van der Waals surface area contributed by atoms with Crippen molar-refractivity contribution in [3.05, 3.63) is 99.7 Å². The van der Waals surface area contributed by atoms with Crippen LogP contribution in [-0.2, 0) is 24.4 Å². The summed E-state index contributed by atoms with van der Waals surface area (Å²) in [6.45, 7) is 2.45. The summed E-state index contributed by atoms with van der Waals surface area (Å²) in [6.07, 6.45) is 7.62. The predicted octanol–water partition coefficient (Wildman–Crippen LogP) is 9.08. The van der Waals surface area contributed by atoms with E-state index in [1.807, 2.05) is 65.5 Å². The van der Waals surface area contributed by atoms with Gasteiger partial charge in [0.15, 0.2) is 0 Å². The second-order valence-corrected chi connectivity index (χ2v) is 14.8. The lowest BCUT2D eigenvalue weighted by Crippen LogP contribution is -2.40. The SMILES string of the molecule is COc1cc(-c2cccc(-c3cccc4c3cnn4Cc3cc(OC)c(CN(CC4CC4)[C@H]4CC[C@H](C(=O)O)CC4)cc3Cl)c2Cl)ccc1CNO. The Hall–Kier alpha value is -4.12. The van der Waals surface area contributed by atoms with Gasteiger partial charge in [-0.1, -0.05) is 65.7 Å². The van der Waals surface area contributed by atoms with Crippen molar-refractivity contribution in [2.45, 2.75) is 64.2 Å². The number of rotatable bonds is 14. The maximum absolute atomic E-state index is 11.6. The van der Waals surface area contributed by atoms with E-state index in [2.05, 4.69) is 22.5 Å². The molecule has 9 nitrogen and oxygen atoms in total. The van der Waals surface area contributed by atoms with Crippen LogP contribution in [0.15, 0.2) is 72.9 Å². The lowest BCUT2D eigenvalue weighted by atomic mass is 9.85. The first-order chi connectivity index (χ1) is 25.3. The molecule has 0 bridgehead atoms. The average molecular weight is 744 g/mol. The van der Waals surface area contributed by atoms with Gasteiger partial charge in [0.05, 0.1) is 43.4 Å². The zero-order valence-corrected chi connectivity index (χ0v) is 31.0. The van der Waals surface area contributed by atoms with Gasteiger partial charge in [-0.3, -0.25) is 14.4 Å². The number of aromatic nitrogens is 2. The van der Waals surface area contributed by atoms with E-state index in [1.165, 1.54) is 12.8 Å². The van der Waals surface area contributed by atoms with Gasteiger partial charge < -0.3 is 19.8 Å². The minimum absolute atomic E-state index is 0.233. The Bertz CT molecular complexity index is 2070. The fourth-order valence-electron chi connectivity index (χ4n) is 7.68. The largest absolute Gasteiger partial charge is 0.496 e. The molecule has 1 aromatic heterocycles. The van der Waals surface area contributed by atoms with Gasteiger partial charge in [0.2, 0.25) is 0 Å². The van der Waals surface area contributed by atoms with Gasteiger partial charge in [-0.25, -0.2) is 5.48 Å². The van der Waals surface area contributed by atoms with Crippen LogP contribution >= 0.6 is 23.2 Å². The Labute approximate surface area is 314 Å². The smallest absolute Gasteiger partial charge is 0.306 e. The molecule has 0 aliphatic heterocycles. The number of aliphatic carboxylic acids is 1. The van der Waals surface area contributed by atoms with Crippen LogP contribution in [0.2, 0.25) is 10.0 Å². The number of benzene rings is 4. The summed E-state index contributed by atoms with van der Waals surface area (Å²) in [5.74, 6) is 1.24. The highest BCUT2D eigenvalue weighted by Gasteiger charge is 2.33. The first-order valence-corrected chi connectivity index (χ1v) is 18.6. The number of fused-ring (bicyclic) bond motifs is 1. The predicted molar refractivity (Wildman–Crippen MR) is 204 cm³/mol. The summed E-state index contributed by atoms with van der Waals surface area (Å²) in [4.78, 5) is 14.1. The Balaban J connectivity index is 1.14. The molecule has 0 saturated heterocycles. The quantitative estimate of drug-likeness (QED) is 0.0968. The van der Waals surface area contributed by atoms with E-state index in [9.17, 15) is 15.1 Å². The van der Waals surface area contributed by atoms with Gasteiger partial charge in [-0.2, -0.15) is 5.10 Å². The second-order valence-electron chi connectivity index (χ2n) is 14.0. The van der Waals surface area contributed by atoms with E-state index in [0.717, 1.165) is 87.8 Å². The number of hydroxylamine groups is 1. The first kappa shape index (κ1) is 36.2. The van der Waals surface area contributed by atoms with Crippen molar-refractivity contribution in [3.8, 4) is 33.8 Å². The van der Waals surface area contributed by atoms with Crippen molar-refractivity contribution >= 4 is 40.1 Å². The molecule has 0 atom stereocenters. The Morgan fingerprint density at radius 2 is 1.60 bits per heavy atom. The van der Waals surface area contributed by atoms with Gasteiger partial charge in [-0.05, 0) is 85.4 Å². The number of carboxylic acids is 1. The summed E-state index contributed by atoms with van der Waals surface area (Å²) in [7, 11) is 3.31. The monoisotopic (exact) mass is 742 g/mol. The van der Waals surface area contributed by atoms with Crippen LogP contribution < -0.4 is 15.0 Å². The molecule has 2 saturated carbocycles. The van der Waals surface area contributed by atoms with Gasteiger partial charge in [-0.15, -0.1) is 0 Å². The van der Waals surface area contributed by atoms with Crippen LogP contribution in [0.1, 0.15) is 55.2 Å². The van der Waals surface area contributed by atoms with Gasteiger partial charge >= 0.3 is 5.97 Å². The van der Waals surface area contributed by atoms with Crippen molar-refractivity contribution in [2.75, 3.05) is 20.8 Å². The summed E-state index contributed by atoms with van der Waals surface area (Å²) >= 11 is 14.2. The summed E-state index contributed by atoms with van der Waals surface area (Å²) < 4.78 is 13.5. The highest BCUT2D eigenvalue weighted by Crippen LogP contribution is 2.41. The molecule has 52 heavy (non-hydrogen) atoms. The zero-order valence-electron chi connectivity index (χ0n) is 29.4.